The number of carbonyl (C=O) groups is 1. The van der Waals surface area contributed by atoms with Gasteiger partial charge in [-0.25, -0.2) is 4.98 Å². The Kier molecular flexibility index (Phi) is 4.73. The summed E-state index contributed by atoms with van der Waals surface area (Å²) in [5, 5.41) is 3.39. The molecule has 23 heavy (non-hydrogen) atoms. The molecule has 122 valence electrons. The third-order valence-electron chi connectivity index (χ3n) is 3.55. The molecule has 0 saturated heterocycles. The predicted octanol–water partition coefficient (Wildman–Crippen LogP) is 1.69. The van der Waals surface area contributed by atoms with Gasteiger partial charge in [-0.1, -0.05) is 11.3 Å². The van der Waals surface area contributed by atoms with Gasteiger partial charge in [0.05, 0.1) is 37.4 Å². The van der Waals surface area contributed by atoms with Crippen molar-refractivity contribution in [3.8, 4) is 5.75 Å². The van der Waals surface area contributed by atoms with Crippen LogP contribution in [0, 0.1) is 0 Å². The second kappa shape index (κ2) is 6.93. The molecule has 0 aromatic carbocycles. The van der Waals surface area contributed by atoms with Gasteiger partial charge < -0.3 is 14.4 Å². The number of aromatic nitrogens is 2. The van der Waals surface area contributed by atoms with Crippen LogP contribution in [-0.4, -0.2) is 43.2 Å². The maximum Gasteiger partial charge on any atom is 0.252 e. The molecule has 0 spiro atoms. The number of rotatable bonds is 5. The molecule has 0 bridgehead atoms. The van der Waals surface area contributed by atoms with E-state index in [1.54, 1.807) is 13.3 Å². The minimum absolute atomic E-state index is 0.0336. The number of nitrogens with zero attached hydrogens (tertiary/aromatic N) is 3. The lowest BCUT2D eigenvalue weighted by molar-refractivity contribution is -0.119. The van der Waals surface area contributed by atoms with Gasteiger partial charge in [0, 0.05) is 31.0 Å². The van der Waals surface area contributed by atoms with Gasteiger partial charge in [0.25, 0.3) is 5.91 Å². The van der Waals surface area contributed by atoms with Gasteiger partial charge in [-0.2, -0.15) is 0 Å². The van der Waals surface area contributed by atoms with Crippen molar-refractivity contribution in [2.24, 2.45) is 0 Å². The molecule has 1 aliphatic rings. The fourth-order valence-electron chi connectivity index (χ4n) is 2.45. The molecule has 8 heteroatoms. The largest absolute Gasteiger partial charge is 0.495 e. The van der Waals surface area contributed by atoms with Crippen LogP contribution in [0.3, 0.4) is 0 Å². The van der Waals surface area contributed by atoms with Crippen molar-refractivity contribution in [3.63, 3.8) is 0 Å². The maximum atomic E-state index is 11.6. The number of anilines is 2. The van der Waals surface area contributed by atoms with Crippen molar-refractivity contribution < 1.29 is 14.3 Å². The Bertz CT molecular complexity index is 704. The molecule has 0 fully saturated rings. The maximum absolute atomic E-state index is 11.6. The minimum Gasteiger partial charge on any atom is -0.495 e. The Morgan fingerprint density at radius 3 is 3.09 bits per heavy atom. The smallest absolute Gasteiger partial charge is 0.252 e. The lowest BCUT2D eigenvalue weighted by atomic mass is 10.1. The number of hydrogen-bond acceptors (Lipinski definition) is 7. The van der Waals surface area contributed by atoms with Crippen LogP contribution in [0.2, 0.25) is 0 Å². The first-order valence-electron chi connectivity index (χ1n) is 7.21. The summed E-state index contributed by atoms with van der Waals surface area (Å²) in [6, 6.07) is 1.97. The Labute approximate surface area is 138 Å². The Morgan fingerprint density at radius 2 is 2.30 bits per heavy atom. The molecule has 0 saturated carbocycles. The summed E-state index contributed by atoms with van der Waals surface area (Å²) < 4.78 is 10.0. The third kappa shape index (κ3) is 3.59. The number of amides is 1. The first-order chi connectivity index (χ1) is 11.2. The van der Waals surface area contributed by atoms with E-state index in [1.165, 1.54) is 18.4 Å². The highest BCUT2D eigenvalue weighted by molar-refractivity contribution is 7.15. The standard InChI is InChI=1S/C15H18N4O3S/c1-21-9-14(20)18-15-17-12-3-4-19(8-13(12)23-15)10-5-11(22-2)7-16-6-10/h5-7H,3-4,8-9H2,1-2H3,(H,17,18,20). The molecule has 0 atom stereocenters. The molecular formula is C15H18N4O3S. The van der Waals surface area contributed by atoms with Crippen LogP contribution in [0.5, 0.6) is 5.75 Å². The fraction of sp³-hybridized carbons (Fsp3) is 0.400. The number of nitrogens with one attached hydrogen (secondary N) is 1. The summed E-state index contributed by atoms with van der Waals surface area (Å²) in [6.45, 7) is 1.64. The van der Waals surface area contributed by atoms with Crippen molar-refractivity contribution in [2.45, 2.75) is 13.0 Å². The van der Waals surface area contributed by atoms with Gasteiger partial charge in [0.1, 0.15) is 12.4 Å². The van der Waals surface area contributed by atoms with Crippen LogP contribution >= 0.6 is 11.3 Å². The number of thiazole rings is 1. The average molecular weight is 334 g/mol. The zero-order valence-electron chi connectivity index (χ0n) is 13.0. The third-order valence-corrected chi connectivity index (χ3v) is 4.55. The van der Waals surface area contributed by atoms with Gasteiger partial charge in [0.15, 0.2) is 5.13 Å². The normalized spacial score (nSPS) is 13.6. The number of hydrogen-bond donors (Lipinski definition) is 1. The first kappa shape index (κ1) is 15.7. The van der Waals surface area contributed by atoms with Crippen LogP contribution in [0.15, 0.2) is 18.5 Å². The van der Waals surface area contributed by atoms with Gasteiger partial charge in [-0.15, -0.1) is 0 Å². The molecular weight excluding hydrogens is 316 g/mol. The Balaban J connectivity index is 1.73. The van der Waals surface area contributed by atoms with Crippen LogP contribution in [-0.2, 0) is 22.5 Å². The van der Waals surface area contributed by atoms with Gasteiger partial charge in [-0.05, 0) is 0 Å². The summed E-state index contributed by atoms with van der Waals surface area (Å²) in [5.74, 6) is 0.553. The molecule has 3 rings (SSSR count). The predicted molar refractivity (Wildman–Crippen MR) is 88.2 cm³/mol. The second-order valence-corrected chi connectivity index (χ2v) is 6.21. The van der Waals surface area contributed by atoms with E-state index in [2.05, 4.69) is 20.2 Å². The topological polar surface area (TPSA) is 76.6 Å². The molecule has 3 heterocycles. The number of pyridine rings is 1. The first-order valence-corrected chi connectivity index (χ1v) is 8.02. The molecule has 1 amide bonds. The van der Waals surface area contributed by atoms with E-state index in [9.17, 15) is 4.79 Å². The number of fused-ring (bicyclic) bond motifs is 1. The number of carbonyl (C=O) groups excluding carboxylic acids is 1. The van der Waals surface area contributed by atoms with Crippen LogP contribution in [0.4, 0.5) is 10.8 Å². The summed E-state index contributed by atoms with van der Waals surface area (Å²) in [6.07, 6.45) is 4.36. The lowest BCUT2D eigenvalue weighted by Crippen LogP contribution is -2.29. The van der Waals surface area contributed by atoms with E-state index in [0.717, 1.165) is 41.5 Å². The van der Waals surface area contributed by atoms with Crippen LogP contribution < -0.4 is 15.0 Å². The van der Waals surface area contributed by atoms with E-state index in [0.29, 0.717) is 5.13 Å². The molecule has 1 aliphatic heterocycles. The average Bonchev–Trinajstić information content (AvgIpc) is 2.96. The quantitative estimate of drug-likeness (QED) is 0.897. The second-order valence-electron chi connectivity index (χ2n) is 5.12. The van der Waals surface area contributed by atoms with E-state index in [1.807, 2.05) is 12.3 Å². The van der Waals surface area contributed by atoms with Crippen molar-refractivity contribution >= 4 is 28.1 Å². The fourth-order valence-corrected chi connectivity index (χ4v) is 3.49. The van der Waals surface area contributed by atoms with E-state index in [-0.39, 0.29) is 12.5 Å². The summed E-state index contributed by atoms with van der Waals surface area (Å²) in [5.41, 5.74) is 2.07. The molecule has 0 unspecified atom stereocenters. The van der Waals surface area contributed by atoms with Gasteiger partial charge in [0.2, 0.25) is 0 Å². The van der Waals surface area contributed by atoms with Gasteiger partial charge >= 0.3 is 0 Å². The monoisotopic (exact) mass is 334 g/mol. The number of methoxy groups -OCH3 is 2. The Morgan fingerprint density at radius 1 is 1.43 bits per heavy atom. The molecule has 7 nitrogen and oxygen atoms in total. The minimum atomic E-state index is -0.188. The zero-order chi connectivity index (χ0) is 16.2. The molecule has 2 aromatic heterocycles. The van der Waals surface area contributed by atoms with Crippen molar-refractivity contribution in [1.82, 2.24) is 9.97 Å². The highest BCUT2D eigenvalue weighted by Gasteiger charge is 2.22. The highest BCUT2D eigenvalue weighted by atomic mass is 32.1. The van der Waals surface area contributed by atoms with E-state index in [4.69, 9.17) is 9.47 Å². The zero-order valence-corrected chi connectivity index (χ0v) is 13.9. The highest BCUT2D eigenvalue weighted by Crippen LogP contribution is 2.31. The van der Waals surface area contributed by atoms with Crippen LogP contribution in [0.25, 0.3) is 0 Å². The van der Waals surface area contributed by atoms with E-state index < -0.39 is 0 Å². The lowest BCUT2D eigenvalue weighted by Gasteiger charge is -2.27. The molecule has 0 radical (unpaired) electrons. The van der Waals surface area contributed by atoms with Crippen LogP contribution in [0.1, 0.15) is 10.6 Å². The summed E-state index contributed by atoms with van der Waals surface area (Å²) in [7, 11) is 3.12. The summed E-state index contributed by atoms with van der Waals surface area (Å²) in [4.78, 5) is 23.7. The molecule has 0 aliphatic carbocycles. The van der Waals surface area contributed by atoms with Gasteiger partial charge in [-0.3, -0.25) is 15.1 Å². The molecule has 2 aromatic rings. The van der Waals surface area contributed by atoms with Crippen molar-refractivity contribution in [2.75, 3.05) is 37.6 Å². The number of ether oxygens (including phenoxy) is 2. The molecule has 1 N–H and O–H groups in total. The van der Waals surface area contributed by atoms with E-state index >= 15 is 0 Å². The van der Waals surface area contributed by atoms with Crippen molar-refractivity contribution in [1.29, 1.82) is 0 Å². The van der Waals surface area contributed by atoms with Crippen molar-refractivity contribution in [3.05, 3.63) is 29.0 Å². The summed E-state index contributed by atoms with van der Waals surface area (Å²) >= 11 is 1.51. The SMILES string of the molecule is COCC(=O)Nc1nc2c(s1)CN(c1cncc(OC)c1)CC2. The Hall–Kier alpha value is -2.19.